The molecule has 5 heteroatoms. The summed E-state index contributed by atoms with van der Waals surface area (Å²) in [7, 11) is 0. The molecule has 0 atom stereocenters. The van der Waals surface area contributed by atoms with E-state index in [1.165, 1.54) is 0 Å². The van der Waals surface area contributed by atoms with Crippen LogP contribution in [0, 0.1) is 3.57 Å². The SMILES string of the molecule is Nc1cc2c(cc1Oc1ccccc1I)NC(=O)CC2. The number of carbonyl (C=O) groups excluding carboxylic acids is 1. The highest BCUT2D eigenvalue weighted by Crippen LogP contribution is 2.36. The smallest absolute Gasteiger partial charge is 0.224 e. The van der Waals surface area contributed by atoms with Crippen LogP contribution < -0.4 is 15.8 Å². The molecule has 0 unspecified atom stereocenters. The number of halogens is 1. The third-order valence-corrected chi connectivity index (χ3v) is 4.08. The molecule has 4 nitrogen and oxygen atoms in total. The molecule has 0 fully saturated rings. The summed E-state index contributed by atoms with van der Waals surface area (Å²) in [6.45, 7) is 0. The summed E-state index contributed by atoms with van der Waals surface area (Å²) in [5.74, 6) is 1.35. The zero-order valence-electron chi connectivity index (χ0n) is 10.7. The van der Waals surface area contributed by atoms with Crippen molar-refractivity contribution in [1.82, 2.24) is 0 Å². The Morgan fingerprint density at radius 3 is 2.75 bits per heavy atom. The van der Waals surface area contributed by atoms with Gasteiger partial charge in [0.25, 0.3) is 0 Å². The van der Waals surface area contributed by atoms with E-state index in [0.29, 0.717) is 24.3 Å². The van der Waals surface area contributed by atoms with Crippen LogP contribution in [0.5, 0.6) is 11.5 Å². The first-order valence-electron chi connectivity index (χ1n) is 6.28. The molecule has 0 spiro atoms. The fourth-order valence-corrected chi connectivity index (χ4v) is 2.66. The van der Waals surface area contributed by atoms with E-state index >= 15 is 0 Å². The summed E-state index contributed by atoms with van der Waals surface area (Å²) < 4.78 is 6.86. The molecular weight excluding hydrogens is 367 g/mol. The number of aryl methyl sites for hydroxylation is 1. The lowest BCUT2D eigenvalue weighted by atomic mass is 10.0. The number of para-hydroxylation sites is 1. The number of amides is 1. The number of nitrogens with two attached hydrogens (primary N) is 1. The van der Waals surface area contributed by atoms with Gasteiger partial charge in [-0.15, -0.1) is 0 Å². The van der Waals surface area contributed by atoms with Crippen molar-refractivity contribution in [2.24, 2.45) is 0 Å². The van der Waals surface area contributed by atoms with E-state index < -0.39 is 0 Å². The summed E-state index contributed by atoms with van der Waals surface area (Å²) in [5.41, 5.74) is 8.46. The number of hydrogen-bond acceptors (Lipinski definition) is 3. The minimum Gasteiger partial charge on any atom is -0.454 e. The number of hydrogen-bond donors (Lipinski definition) is 2. The molecule has 102 valence electrons. The van der Waals surface area contributed by atoms with Crippen molar-refractivity contribution in [3.8, 4) is 11.5 Å². The Hall–Kier alpha value is -1.76. The van der Waals surface area contributed by atoms with Crippen LogP contribution in [0.2, 0.25) is 0 Å². The van der Waals surface area contributed by atoms with Crippen molar-refractivity contribution in [2.75, 3.05) is 11.1 Å². The van der Waals surface area contributed by atoms with Crippen molar-refractivity contribution < 1.29 is 9.53 Å². The maximum absolute atomic E-state index is 11.5. The van der Waals surface area contributed by atoms with Crippen LogP contribution in [0.3, 0.4) is 0 Å². The van der Waals surface area contributed by atoms with E-state index in [0.717, 1.165) is 20.6 Å². The first-order chi connectivity index (χ1) is 9.63. The Labute approximate surface area is 130 Å². The summed E-state index contributed by atoms with van der Waals surface area (Å²) in [6, 6.07) is 11.4. The van der Waals surface area contributed by atoms with E-state index in [-0.39, 0.29) is 5.91 Å². The molecule has 3 rings (SSSR count). The van der Waals surface area contributed by atoms with E-state index in [9.17, 15) is 4.79 Å². The minimum atomic E-state index is 0.0301. The summed E-state index contributed by atoms with van der Waals surface area (Å²) in [4.78, 5) is 11.5. The van der Waals surface area contributed by atoms with Crippen molar-refractivity contribution in [2.45, 2.75) is 12.8 Å². The largest absolute Gasteiger partial charge is 0.454 e. The molecule has 1 heterocycles. The van der Waals surface area contributed by atoms with Crippen LogP contribution in [0.1, 0.15) is 12.0 Å². The second-order valence-electron chi connectivity index (χ2n) is 4.63. The minimum absolute atomic E-state index is 0.0301. The molecule has 0 aromatic heterocycles. The Balaban J connectivity index is 1.96. The number of carbonyl (C=O) groups is 1. The lowest BCUT2D eigenvalue weighted by molar-refractivity contribution is -0.116. The number of fused-ring (bicyclic) bond motifs is 1. The second kappa shape index (κ2) is 5.32. The number of rotatable bonds is 2. The average Bonchev–Trinajstić information content (AvgIpc) is 2.42. The highest BCUT2D eigenvalue weighted by atomic mass is 127. The maximum atomic E-state index is 11.5. The molecule has 2 aromatic carbocycles. The van der Waals surface area contributed by atoms with Crippen molar-refractivity contribution in [3.05, 3.63) is 45.5 Å². The fraction of sp³-hybridized carbons (Fsp3) is 0.133. The van der Waals surface area contributed by atoms with Crippen LogP contribution in [0.15, 0.2) is 36.4 Å². The van der Waals surface area contributed by atoms with Gasteiger partial charge in [0.05, 0.1) is 9.26 Å². The molecule has 1 aliphatic heterocycles. The van der Waals surface area contributed by atoms with E-state index in [1.807, 2.05) is 30.3 Å². The molecule has 2 aromatic rings. The van der Waals surface area contributed by atoms with Crippen LogP contribution in [-0.2, 0) is 11.2 Å². The predicted molar refractivity (Wildman–Crippen MR) is 87.0 cm³/mol. The molecule has 0 bridgehead atoms. The lowest BCUT2D eigenvalue weighted by Crippen LogP contribution is -2.19. The van der Waals surface area contributed by atoms with Gasteiger partial charge in [-0.05, 0) is 52.8 Å². The Morgan fingerprint density at radius 1 is 1.15 bits per heavy atom. The van der Waals surface area contributed by atoms with Crippen LogP contribution in [-0.4, -0.2) is 5.91 Å². The van der Waals surface area contributed by atoms with Gasteiger partial charge in [-0.2, -0.15) is 0 Å². The summed E-state index contributed by atoms with van der Waals surface area (Å²) in [5, 5.41) is 2.85. The molecule has 3 N–H and O–H groups in total. The highest BCUT2D eigenvalue weighted by molar-refractivity contribution is 14.1. The molecule has 1 amide bonds. The molecule has 0 saturated carbocycles. The van der Waals surface area contributed by atoms with Crippen LogP contribution in [0.25, 0.3) is 0 Å². The molecular formula is C15H13IN2O2. The number of nitrogens with one attached hydrogen (secondary N) is 1. The first-order valence-corrected chi connectivity index (χ1v) is 7.36. The van der Waals surface area contributed by atoms with Gasteiger partial charge in [0, 0.05) is 18.2 Å². The van der Waals surface area contributed by atoms with Crippen molar-refractivity contribution in [3.63, 3.8) is 0 Å². The summed E-state index contributed by atoms with van der Waals surface area (Å²) >= 11 is 2.21. The zero-order chi connectivity index (χ0) is 14.1. The normalized spacial score (nSPS) is 13.6. The van der Waals surface area contributed by atoms with Gasteiger partial charge >= 0.3 is 0 Å². The third-order valence-electron chi connectivity index (χ3n) is 3.19. The third kappa shape index (κ3) is 2.58. The van der Waals surface area contributed by atoms with Gasteiger partial charge in [-0.25, -0.2) is 0 Å². The number of anilines is 2. The lowest BCUT2D eigenvalue weighted by Gasteiger charge is -2.19. The van der Waals surface area contributed by atoms with E-state index in [2.05, 4.69) is 27.9 Å². The van der Waals surface area contributed by atoms with Gasteiger partial charge in [0.15, 0.2) is 5.75 Å². The zero-order valence-corrected chi connectivity index (χ0v) is 12.8. The van der Waals surface area contributed by atoms with Gasteiger partial charge in [0.1, 0.15) is 5.75 Å². The van der Waals surface area contributed by atoms with Gasteiger partial charge in [0.2, 0.25) is 5.91 Å². The van der Waals surface area contributed by atoms with Gasteiger partial charge in [-0.1, -0.05) is 12.1 Å². The van der Waals surface area contributed by atoms with Crippen LogP contribution in [0.4, 0.5) is 11.4 Å². The Kier molecular flexibility index (Phi) is 3.52. The molecule has 20 heavy (non-hydrogen) atoms. The number of nitrogen functional groups attached to an aromatic ring is 1. The van der Waals surface area contributed by atoms with E-state index in [1.54, 1.807) is 6.07 Å². The second-order valence-corrected chi connectivity index (χ2v) is 5.79. The number of benzene rings is 2. The molecule has 1 aliphatic rings. The average molecular weight is 380 g/mol. The Bertz CT molecular complexity index is 686. The van der Waals surface area contributed by atoms with Gasteiger partial charge < -0.3 is 15.8 Å². The molecule has 0 aliphatic carbocycles. The number of ether oxygens (including phenoxy) is 1. The molecule has 0 radical (unpaired) electrons. The maximum Gasteiger partial charge on any atom is 0.224 e. The predicted octanol–water partition coefficient (Wildman–Crippen LogP) is 3.55. The monoisotopic (exact) mass is 380 g/mol. The van der Waals surface area contributed by atoms with E-state index in [4.69, 9.17) is 10.5 Å². The fourth-order valence-electron chi connectivity index (χ4n) is 2.16. The van der Waals surface area contributed by atoms with Gasteiger partial charge in [-0.3, -0.25) is 4.79 Å². The van der Waals surface area contributed by atoms with Crippen molar-refractivity contribution >= 4 is 39.9 Å². The Morgan fingerprint density at radius 2 is 1.95 bits per heavy atom. The molecule has 0 saturated heterocycles. The first kappa shape index (κ1) is 13.2. The quantitative estimate of drug-likeness (QED) is 0.619. The standard InChI is InChI=1S/C15H13IN2O2/c16-10-3-1-2-4-13(10)20-14-8-12-9(7-11(14)17)5-6-15(19)18-12/h1-4,7-8H,5-6,17H2,(H,18,19). The van der Waals surface area contributed by atoms with Crippen molar-refractivity contribution in [1.29, 1.82) is 0 Å². The summed E-state index contributed by atoms with van der Waals surface area (Å²) in [6.07, 6.45) is 1.22. The topological polar surface area (TPSA) is 64.3 Å². The van der Waals surface area contributed by atoms with Crippen LogP contribution >= 0.6 is 22.6 Å². The highest BCUT2D eigenvalue weighted by Gasteiger charge is 2.17.